The van der Waals surface area contributed by atoms with Crippen LogP contribution < -0.4 is 10.1 Å². The molecule has 1 aliphatic rings. The van der Waals surface area contributed by atoms with Crippen LogP contribution in [0.5, 0.6) is 5.75 Å². The Kier molecular flexibility index (Phi) is 7.10. The molecule has 1 atom stereocenters. The molecule has 138 valence electrons. The Morgan fingerprint density at radius 2 is 1.96 bits per heavy atom. The molecular formula is C19H30N4O2. The summed E-state index contributed by atoms with van der Waals surface area (Å²) in [5.74, 6) is 1.91. The number of aliphatic imine (C=N–C) groups is 1. The van der Waals surface area contributed by atoms with Gasteiger partial charge in [0.15, 0.2) is 5.96 Å². The fourth-order valence-corrected chi connectivity index (χ4v) is 2.83. The smallest absolute Gasteiger partial charge is 0.219 e. The minimum absolute atomic E-state index is 0.00559. The number of benzene rings is 1. The summed E-state index contributed by atoms with van der Waals surface area (Å²) in [6, 6.07) is 8.06. The van der Waals surface area contributed by atoms with Crippen molar-refractivity contribution in [2.24, 2.45) is 4.99 Å². The van der Waals surface area contributed by atoms with Crippen LogP contribution in [0.2, 0.25) is 0 Å². The van der Waals surface area contributed by atoms with Crippen LogP contribution in [0.15, 0.2) is 29.3 Å². The number of guanidine groups is 1. The molecule has 0 spiro atoms. The molecule has 6 heteroatoms. The zero-order valence-corrected chi connectivity index (χ0v) is 15.8. The molecule has 1 aromatic rings. The molecule has 1 aliphatic heterocycles. The SMILES string of the molecule is CCNC(=NCC(C)Oc1cccc(C)c1)N1CCN(C(C)=O)CC1. The molecule has 0 aliphatic carbocycles. The average Bonchev–Trinajstić information content (AvgIpc) is 2.58. The molecule has 1 N–H and O–H groups in total. The average molecular weight is 346 g/mol. The Labute approximate surface area is 150 Å². The Morgan fingerprint density at radius 1 is 1.28 bits per heavy atom. The highest BCUT2D eigenvalue weighted by Gasteiger charge is 2.21. The maximum atomic E-state index is 11.5. The number of nitrogens with one attached hydrogen (secondary N) is 1. The predicted molar refractivity (Wildman–Crippen MR) is 101 cm³/mol. The summed E-state index contributed by atoms with van der Waals surface area (Å²) in [7, 11) is 0. The van der Waals surface area contributed by atoms with Gasteiger partial charge in [0.1, 0.15) is 11.9 Å². The van der Waals surface area contributed by atoms with Crippen molar-refractivity contribution in [3.63, 3.8) is 0 Å². The summed E-state index contributed by atoms with van der Waals surface area (Å²) in [6.07, 6.45) is -0.00559. The van der Waals surface area contributed by atoms with Gasteiger partial charge in [-0.1, -0.05) is 12.1 Å². The number of nitrogens with zero attached hydrogens (tertiary/aromatic N) is 3. The van der Waals surface area contributed by atoms with Crippen molar-refractivity contribution >= 4 is 11.9 Å². The van der Waals surface area contributed by atoms with Crippen molar-refractivity contribution in [2.75, 3.05) is 39.3 Å². The van der Waals surface area contributed by atoms with Crippen molar-refractivity contribution in [3.8, 4) is 5.75 Å². The first kappa shape index (κ1) is 19.1. The number of ether oxygens (including phenoxy) is 1. The lowest BCUT2D eigenvalue weighted by molar-refractivity contribution is -0.130. The largest absolute Gasteiger partial charge is 0.489 e. The standard InChI is InChI=1S/C19H30N4O2/c1-5-20-19(23-11-9-22(10-12-23)17(4)24)21-14-16(3)25-18-8-6-7-15(2)13-18/h6-8,13,16H,5,9-12,14H2,1-4H3,(H,20,21). The topological polar surface area (TPSA) is 57.2 Å². The van der Waals surface area contributed by atoms with E-state index in [2.05, 4.69) is 30.1 Å². The van der Waals surface area contributed by atoms with Gasteiger partial charge in [0, 0.05) is 39.6 Å². The van der Waals surface area contributed by atoms with Crippen molar-refractivity contribution in [1.82, 2.24) is 15.1 Å². The molecule has 1 aromatic carbocycles. The monoisotopic (exact) mass is 346 g/mol. The third-order valence-corrected chi connectivity index (χ3v) is 4.18. The summed E-state index contributed by atoms with van der Waals surface area (Å²) < 4.78 is 5.95. The van der Waals surface area contributed by atoms with Crippen LogP contribution in [0.25, 0.3) is 0 Å². The molecule has 1 heterocycles. The van der Waals surface area contributed by atoms with Crippen molar-refractivity contribution in [2.45, 2.75) is 33.8 Å². The van der Waals surface area contributed by atoms with Gasteiger partial charge in [0.05, 0.1) is 6.54 Å². The van der Waals surface area contributed by atoms with E-state index in [4.69, 9.17) is 9.73 Å². The number of aryl methyl sites for hydroxylation is 1. The van der Waals surface area contributed by atoms with E-state index in [0.717, 1.165) is 44.4 Å². The van der Waals surface area contributed by atoms with Crippen LogP contribution in [0.3, 0.4) is 0 Å². The fourth-order valence-electron chi connectivity index (χ4n) is 2.83. The second-order valence-electron chi connectivity index (χ2n) is 6.43. The van der Waals surface area contributed by atoms with Gasteiger partial charge in [-0.05, 0) is 38.5 Å². The van der Waals surface area contributed by atoms with Gasteiger partial charge >= 0.3 is 0 Å². The first-order valence-corrected chi connectivity index (χ1v) is 9.01. The van der Waals surface area contributed by atoms with E-state index >= 15 is 0 Å². The Balaban J connectivity index is 1.91. The molecule has 0 bridgehead atoms. The molecule has 2 rings (SSSR count). The van der Waals surface area contributed by atoms with Crippen LogP contribution in [-0.4, -0.2) is 67.0 Å². The first-order chi connectivity index (χ1) is 12.0. The number of hydrogen-bond acceptors (Lipinski definition) is 3. The minimum Gasteiger partial charge on any atom is -0.489 e. The van der Waals surface area contributed by atoms with E-state index in [1.165, 1.54) is 5.56 Å². The van der Waals surface area contributed by atoms with Gasteiger partial charge in [-0.15, -0.1) is 0 Å². The van der Waals surface area contributed by atoms with E-state index in [1.54, 1.807) is 6.92 Å². The Bertz CT molecular complexity index is 595. The lowest BCUT2D eigenvalue weighted by Gasteiger charge is -2.36. The van der Waals surface area contributed by atoms with E-state index in [-0.39, 0.29) is 12.0 Å². The van der Waals surface area contributed by atoms with Crippen LogP contribution >= 0.6 is 0 Å². The normalized spacial score (nSPS) is 16.6. The number of rotatable bonds is 5. The summed E-state index contributed by atoms with van der Waals surface area (Å²) in [5.41, 5.74) is 1.19. The van der Waals surface area contributed by atoms with Crippen LogP contribution in [-0.2, 0) is 4.79 Å². The second kappa shape index (κ2) is 9.30. The van der Waals surface area contributed by atoms with Crippen LogP contribution in [0.4, 0.5) is 0 Å². The van der Waals surface area contributed by atoms with Gasteiger partial charge in [-0.3, -0.25) is 4.79 Å². The van der Waals surface area contributed by atoms with E-state index in [9.17, 15) is 4.79 Å². The van der Waals surface area contributed by atoms with E-state index in [1.807, 2.05) is 30.0 Å². The highest BCUT2D eigenvalue weighted by molar-refractivity contribution is 5.80. The summed E-state index contributed by atoms with van der Waals surface area (Å²) in [4.78, 5) is 20.3. The number of carbonyl (C=O) groups excluding carboxylic acids is 1. The van der Waals surface area contributed by atoms with E-state index in [0.29, 0.717) is 6.54 Å². The van der Waals surface area contributed by atoms with Crippen LogP contribution in [0, 0.1) is 6.92 Å². The van der Waals surface area contributed by atoms with Gasteiger partial charge in [-0.25, -0.2) is 4.99 Å². The number of amides is 1. The molecule has 6 nitrogen and oxygen atoms in total. The van der Waals surface area contributed by atoms with Crippen molar-refractivity contribution < 1.29 is 9.53 Å². The van der Waals surface area contributed by atoms with E-state index < -0.39 is 0 Å². The molecule has 25 heavy (non-hydrogen) atoms. The molecule has 1 amide bonds. The molecule has 0 saturated carbocycles. The Hall–Kier alpha value is -2.24. The van der Waals surface area contributed by atoms with Crippen molar-refractivity contribution in [1.29, 1.82) is 0 Å². The molecular weight excluding hydrogens is 316 g/mol. The molecule has 1 fully saturated rings. The Morgan fingerprint density at radius 3 is 2.56 bits per heavy atom. The molecule has 0 aromatic heterocycles. The highest BCUT2D eigenvalue weighted by Crippen LogP contribution is 2.14. The van der Waals surface area contributed by atoms with Gasteiger partial charge in [0.25, 0.3) is 0 Å². The van der Waals surface area contributed by atoms with Crippen LogP contribution in [0.1, 0.15) is 26.3 Å². The molecule has 0 radical (unpaired) electrons. The summed E-state index contributed by atoms with van der Waals surface area (Å²) in [6.45, 7) is 12.3. The van der Waals surface area contributed by atoms with Crippen molar-refractivity contribution in [3.05, 3.63) is 29.8 Å². The first-order valence-electron chi connectivity index (χ1n) is 9.01. The lowest BCUT2D eigenvalue weighted by atomic mass is 10.2. The second-order valence-corrected chi connectivity index (χ2v) is 6.43. The van der Waals surface area contributed by atoms with Gasteiger partial charge < -0.3 is 19.9 Å². The number of piperazine rings is 1. The predicted octanol–water partition coefficient (Wildman–Crippen LogP) is 1.89. The minimum atomic E-state index is -0.00559. The lowest BCUT2D eigenvalue weighted by Crippen LogP contribution is -2.53. The van der Waals surface area contributed by atoms with Gasteiger partial charge in [-0.2, -0.15) is 0 Å². The quantitative estimate of drug-likeness (QED) is 0.653. The summed E-state index contributed by atoms with van der Waals surface area (Å²) >= 11 is 0. The van der Waals surface area contributed by atoms with Gasteiger partial charge in [0.2, 0.25) is 5.91 Å². The zero-order chi connectivity index (χ0) is 18.2. The molecule has 1 saturated heterocycles. The fraction of sp³-hybridized carbons (Fsp3) is 0.579. The zero-order valence-electron chi connectivity index (χ0n) is 15.8. The third kappa shape index (κ3) is 5.96. The maximum Gasteiger partial charge on any atom is 0.219 e. The number of hydrogen-bond donors (Lipinski definition) is 1. The highest BCUT2D eigenvalue weighted by atomic mass is 16.5. The molecule has 1 unspecified atom stereocenters. The summed E-state index contributed by atoms with van der Waals surface area (Å²) in [5, 5.41) is 3.34. The third-order valence-electron chi connectivity index (χ3n) is 4.18. The number of carbonyl (C=O) groups is 1. The maximum absolute atomic E-state index is 11.5.